The van der Waals surface area contributed by atoms with Crippen LogP contribution in [0.25, 0.3) is 11.4 Å². The lowest BCUT2D eigenvalue weighted by atomic mass is 10.2. The van der Waals surface area contributed by atoms with Gasteiger partial charge in [-0.3, -0.25) is 0 Å². The van der Waals surface area contributed by atoms with Gasteiger partial charge in [-0.15, -0.1) is 0 Å². The summed E-state index contributed by atoms with van der Waals surface area (Å²) in [7, 11) is 0. The first-order valence-electron chi connectivity index (χ1n) is 5.34. The van der Waals surface area contributed by atoms with Crippen LogP contribution >= 0.6 is 11.6 Å². The molecule has 2 heterocycles. The molecule has 0 atom stereocenters. The highest BCUT2D eigenvalue weighted by atomic mass is 35.5. The molecule has 0 saturated carbocycles. The first kappa shape index (κ1) is 12.4. The highest BCUT2D eigenvalue weighted by Gasteiger charge is 2.10. The van der Waals surface area contributed by atoms with Gasteiger partial charge in [-0.1, -0.05) is 6.07 Å². The molecule has 2 rings (SSSR count). The number of nitrogens with zero attached hydrogens (tertiary/aromatic N) is 3. The van der Waals surface area contributed by atoms with E-state index in [0.717, 1.165) is 0 Å². The molecule has 0 aliphatic carbocycles. The molecule has 0 spiro atoms. The normalized spacial score (nSPS) is 10.1. The zero-order valence-electron chi connectivity index (χ0n) is 9.63. The number of hydrogen-bond donors (Lipinski definition) is 0. The highest BCUT2D eigenvalue weighted by Crippen LogP contribution is 2.15. The molecule has 0 amide bonds. The predicted octanol–water partition coefficient (Wildman–Crippen LogP) is 2.37. The summed E-state index contributed by atoms with van der Waals surface area (Å²) in [5.74, 6) is -0.459. The van der Waals surface area contributed by atoms with Crippen LogP contribution in [0.15, 0.2) is 30.5 Å². The van der Waals surface area contributed by atoms with Crippen molar-refractivity contribution in [1.82, 2.24) is 15.0 Å². The van der Waals surface area contributed by atoms with Crippen LogP contribution in [-0.2, 0) is 4.74 Å². The molecule has 0 radical (unpaired) electrons. The van der Waals surface area contributed by atoms with Crippen molar-refractivity contribution >= 4 is 17.6 Å². The molecular formula is C12H10ClN3O2. The minimum absolute atomic E-state index is 0.135. The monoisotopic (exact) mass is 263 g/mol. The van der Waals surface area contributed by atoms with Gasteiger partial charge in [0.1, 0.15) is 5.69 Å². The fourth-order valence-corrected chi connectivity index (χ4v) is 1.52. The van der Waals surface area contributed by atoms with E-state index in [2.05, 4.69) is 15.0 Å². The van der Waals surface area contributed by atoms with Crippen LogP contribution in [0.3, 0.4) is 0 Å². The van der Waals surface area contributed by atoms with Crippen LogP contribution in [0, 0.1) is 0 Å². The molecule has 0 aliphatic rings. The molecule has 0 N–H and O–H groups in total. The van der Waals surface area contributed by atoms with E-state index < -0.39 is 5.97 Å². The Hall–Kier alpha value is -2.01. The minimum Gasteiger partial charge on any atom is -0.461 e. The molecule has 2 aromatic heterocycles. The smallest absolute Gasteiger partial charge is 0.356 e. The summed E-state index contributed by atoms with van der Waals surface area (Å²) in [6.45, 7) is 2.05. The zero-order valence-corrected chi connectivity index (χ0v) is 10.4. The second kappa shape index (κ2) is 5.55. The molecule has 92 valence electrons. The molecule has 0 aliphatic heterocycles. The van der Waals surface area contributed by atoms with E-state index in [1.165, 1.54) is 6.20 Å². The summed E-state index contributed by atoms with van der Waals surface area (Å²) in [6, 6.07) is 6.71. The lowest BCUT2D eigenvalue weighted by Gasteiger charge is -2.03. The lowest BCUT2D eigenvalue weighted by Crippen LogP contribution is -2.07. The van der Waals surface area contributed by atoms with Gasteiger partial charge < -0.3 is 4.74 Å². The van der Waals surface area contributed by atoms with Crippen molar-refractivity contribution in [3.63, 3.8) is 0 Å². The molecule has 6 heteroatoms. The molecular weight excluding hydrogens is 254 g/mol. The average molecular weight is 264 g/mol. The molecule has 0 unspecified atom stereocenters. The number of carbonyl (C=O) groups excluding carboxylic acids is 1. The SMILES string of the molecule is CCOC(=O)c1cccc(-c2ccnc(Cl)n2)n1. The highest BCUT2D eigenvalue weighted by molar-refractivity contribution is 6.28. The zero-order chi connectivity index (χ0) is 13.0. The van der Waals surface area contributed by atoms with Crippen molar-refractivity contribution in [2.45, 2.75) is 6.92 Å². The average Bonchev–Trinajstić information content (AvgIpc) is 2.39. The third-order valence-corrected chi connectivity index (χ3v) is 2.30. The van der Waals surface area contributed by atoms with Crippen LogP contribution in [0.2, 0.25) is 5.28 Å². The Labute approximate surface area is 109 Å². The Morgan fingerprint density at radius 1 is 1.28 bits per heavy atom. The fourth-order valence-electron chi connectivity index (χ4n) is 1.37. The Morgan fingerprint density at radius 2 is 2.06 bits per heavy atom. The standard InChI is InChI=1S/C12H10ClN3O2/c1-2-18-11(17)10-5-3-4-8(15-10)9-6-7-14-12(13)16-9/h3-7H,2H2,1H3. The van der Waals surface area contributed by atoms with Crippen molar-refractivity contribution < 1.29 is 9.53 Å². The molecule has 2 aromatic rings. The Kier molecular flexibility index (Phi) is 3.84. The maximum Gasteiger partial charge on any atom is 0.356 e. The van der Waals surface area contributed by atoms with Crippen LogP contribution in [0.5, 0.6) is 0 Å². The van der Waals surface area contributed by atoms with E-state index in [1.54, 1.807) is 31.2 Å². The van der Waals surface area contributed by atoms with Gasteiger partial charge in [0.25, 0.3) is 0 Å². The Morgan fingerprint density at radius 3 is 2.78 bits per heavy atom. The van der Waals surface area contributed by atoms with Gasteiger partial charge in [-0.05, 0) is 36.7 Å². The number of ether oxygens (including phenoxy) is 1. The van der Waals surface area contributed by atoms with Crippen LogP contribution < -0.4 is 0 Å². The topological polar surface area (TPSA) is 65.0 Å². The number of hydrogen-bond acceptors (Lipinski definition) is 5. The summed E-state index contributed by atoms with van der Waals surface area (Å²) >= 11 is 5.71. The predicted molar refractivity (Wildman–Crippen MR) is 66.2 cm³/mol. The third kappa shape index (κ3) is 2.81. The van der Waals surface area contributed by atoms with Crippen molar-refractivity contribution in [3.05, 3.63) is 41.4 Å². The number of pyridine rings is 1. The third-order valence-electron chi connectivity index (χ3n) is 2.12. The van der Waals surface area contributed by atoms with E-state index in [9.17, 15) is 4.79 Å². The Bertz CT molecular complexity index is 575. The second-order valence-electron chi connectivity index (χ2n) is 3.34. The minimum atomic E-state index is -0.459. The molecule has 0 aromatic carbocycles. The molecule has 0 bridgehead atoms. The largest absolute Gasteiger partial charge is 0.461 e. The number of rotatable bonds is 3. The van der Waals surface area contributed by atoms with Gasteiger partial charge >= 0.3 is 5.97 Å². The number of halogens is 1. The van der Waals surface area contributed by atoms with Gasteiger partial charge in [0.2, 0.25) is 5.28 Å². The van der Waals surface area contributed by atoms with E-state index in [-0.39, 0.29) is 11.0 Å². The van der Waals surface area contributed by atoms with Gasteiger partial charge in [-0.25, -0.2) is 19.7 Å². The van der Waals surface area contributed by atoms with Crippen molar-refractivity contribution in [2.24, 2.45) is 0 Å². The van der Waals surface area contributed by atoms with E-state index in [0.29, 0.717) is 18.0 Å². The summed E-state index contributed by atoms with van der Waals surface area (Å²) in [4.78, 5) is 23.5. The first-order chi connectivity index (χ1) is 8.70. The molecule has 0 fully saturated rings. The van der Waals surface area contributed by atoms with E-state index in [1.807, 2.05) is 0 Å². The summed E-state index contributed by atoms with van der Waals surface area (Å²) < 4.78 is 4.88. The van der Waals surface area contributed by atoms with Gasteiger partial charge in [0.05, 0.1) is 18.0 Å². The summed E-state index contributed by atoms with van der Waals surface area (Å²) in [5, 5.41) is 0.135. The first-order valence-corrected chi connectivity index (χ1v) is 5.71. The second-order valence-corrected chi connectivity index (χ2v) is 3.68. The Balaban J connectivity index is 2.35. The van der Waals surface area contributed by atoms with Gasteiger partial charge in [0, 0.05) is 6.20 Å². The van der Waals surface area contributed by atoms with Gasteiger partial charge in [0.15, 0.2) is 0 Å². The van der Waals surface area contributed by atoms with E-state index in [4.69, 9.17) is 16.3 Å². The van der Waals surface area contributed by atoms with Crippen molar-refractivity contribution in [1.29, 1.82) is 0 Å². The van der Waals surface area contributed by atoms with Crippen molar-refractivity contribution in [2.75, 3.05) is 6.61 Å². The summed E-state index contributed by atoms with van der Waals surface area (Å²) in [6.07, 6.45) is 1.53. The molecule has 5 nitrogen and oxygen atoms in total. The number of aromatic nitrogens is 3. The van der Waals surface area contributed by atoms with E-state index >= 15 is 0 Å². The van der Waals surface area contributed by atoms with Crippen LogP contribution in [0.4, 0.5) is 0 Å². The van der Waals surface area contributed by atoms with Gasteiger partial charge in [-0.2, -0.15) is 0 Å². The molecule has 18 heavy (non-hydrogen) atoms. The van der Waals surface area contributed by atoms with Crippen molar-refractivity contribution in [3.8, 4) is 11.4 Å². The number of esters is 1. The fraction of sp³-hybridized carbons (Fsp3) is 0.167. The lowest BCUT2D eigenvalue weighted by molar-refractivity contribution is 0.0519. The summed E-state index contributed by atoms with van der Waals surface area (Å²) in [5.41, 5.74) is 1.34. The quantitative estimate of drug-likeness (QED) is 0.628. The number of carbonyl (C=O) groups is 1. The maximum atomic E-state index is 11.6. The van der Waals surface area contributed by atoms with Crippen LogP contribution in [0.1, 0.15) is 17.4 Å². The molecule has 0 saturated heterocycles. The van der Waals surface area contributed by atoms with Crippen LogP contribution in [-0.4, -0.2) is 27.5 Å². The maximum absolute atomic E-state index is 11.6.